The monoisotopic (exact) mass is 315 g/mol. The zero-order valence-corrected chi connectivity index (χ0v) is 13.6. The molecule has 0 radical (unpaired) electrons. The highest BCUT2D eigenvalue weighted by atomic mass is 32.2. The lowest BCUT2D eigenvalue weighted by molar-refractivity contribution is -0.132. The van der Waals surface area contributed by atoms with Crippen LogP contribution in [0.2, 0.25) is 0 Å². The fourth-order valence-corrected chi connectivity index (χ4v) is 3.79. The largest absolute Gasteiger partial charge is 0.353 e. The summed E-state index contributed by atoms with van der Waals surface area (Å²) in [5, 5.41) is 0. The third-order valence-corrected chi connectivity index (χ3v) is 5.16. The summed E-state index contributed by atoms with van der Waals surface area (Å²) in [5.74, 6) is 0.720. The van der Waals surface area contributed by atoms with Crippen LogP contribution in [0.5, 0.6) is 0 Å². The highest BCUT2D eigenvalue weighted by Gasteiger charge is 2.29. The van der Waals surface area contributed by atoms with Crippen molar-refractivity contribution in [2.24, 2.45) is 7.05 Å². The molecule has 1 aliphatic rings. The van der Waals surface area contributed by atoms with Gasteiger partial charge >= 0.3 is 0 Å². The lowest BCUT2D eigenvalue weighted by Gasteiger charge is -2.36. The van der Waals surface area contributed by atoms with Crippen LogP contribution in [0, 0.1) is 0 Å². The van der Waals surface area contributed by atoms with E-state index in [1.807, 2.05) is 12.1 Å². The second kappa shape index (κ2) is 7.01. The zero-order chi connectivity index (χ0) is 15.4. The van der Waals surface area contributed by atoms with Crippen LogP contribution in [0.4, 0.5) is 0 Å². The van der Waals surface area contributed by atoms with E-state index in [-0.39, 0.29) is 11.9 Å². The van der Waals surface area contributed by atoms with Crippen LogP contribution in [0.1, 0.15) is 31.0 Å². The van der Waals surface area contributed by atoms with Gasteiger partial charge in [-0.25, -0.2) is 0 Å². The van der Waals surface area contributed by atoms with E-state index in [4.69, 9.17) is 0 Å². The first-order chi connectivity index (χ1) is 10.8. The molecule has 0 saturated carbocycles. The predicted octanol–water partition coefficient (Wildman–Crippen LogP) is 3.27. The number of hydrogen-bond acceptors (Lipinski definition) is 3. The Morgan fingerprint density at radius 3 is 2.86 bits per heavy atom. The van der Waals surface area contributed by atoms with Crippen molar-refractivity contribution >= 4 is 17.7 Å². The first-order valence-electron chi connectivity index (χ1n) is 7.69. The smallest absolute Gasteiger partial charge is 0.233 e. The Balaban J connectivity index is 1.68. The average molecular weight is 315 g/mol. The maximum Gasteiger partial charge on any atom is 0.233 e. The van der Waals surface area contributed by atoms with Gasteiger partial charge in [-0.05, 0) is 43.5 Å². The molecular weight excluding hydrogens is 294 g/mol. The van der Waals surface area contributed by atoms with Gasteiger partial charge in [-0.3, -0.25) is 9.78 Å². The van der Waals surface area contributed by atoms with Gasteiger partial charge < -0.3 is 9.47 Å². The maximum atomic E-state index is 12.7. The van der Waals surface area contributed by atoms with Crippen LogP contribution in [-0.4, -0.2) is 32.7 Å². The van der Waals surface area contributed by atoms with Crippen molar-refractivity contribution in [2.45, 2.75) is 30.2 Å². The van der Waals surface area contributed by atoms with E-state index in [1.165, 1.54) is 12.1 Å². The molecule has 2 aromatic heterocycles. The Morgan fingerprint density at radius 2 is 2.14 bits per heavy atom. The Hall–Kier alpha value is -1.75. The van der Waals surface area contributed by atoms with E-state index < -0.39 is 0 Å². The molecule has 1 saturated heterocycles. The van der Waals surface area contributed by atoms with E-state index in [0.29, 0.717) is 5.75 Å². The minimum absolute atomic E-state index is 0.222. The van der Waals surface area contributed by atoms with E-state index in [0.717, 1.165) is 24.3 Å². The fourth-order valence-electron chi connectivity index (χ4n) is 3.02. The molecule has 0 bridgehead atoms. The molecule has 22 heavy (non-hydrogen) atoms. The topological polar surface area (TPSA) is 38.1 Å². The highest BCUT2D eigenvalue weighted by Crippen LogP contribution is 2.31. The molecule has 1 fully saturated rings. The number of thioether (sulfide) groups is 1. The van der Waals surface area contributed by atoms with Crippen LogP contribution in [0.15, 0.2) is 47.8 Å². The molecule has 1 amide bonds. The SMILES string of the molecule is Cn1cccc1C1CCCCN1C(=O)CSc1ccncc1. The Kier molecular flexibility index (Phi) is 4.83. The molecule has 116 valence electrons. The second-order valence-electron chi connectivity index (χ2n) is 5.61. The van der Waals surface area contributed by atoms with E-state index in [9.17, 15) is 4.79 Å². The normalized spacial score (nSPS) is 18.4. The van der Waals surface area contributed by atoms with Crippen molar-refractivity contribution in [3.05, 3.63) is 48.5 Å². The maximum absolute atomic E-state index is 12.7. The van der Waals surface area contributed by atoms with Crippen molar-refractivity contribution < 1.29 is 4.79 Å². The number of nitrogens with zero attached hydrogens (tertiary/aromatic N) is 3. The third-order valence-electron chi connectivity index (χ3n) is 4.16. The molecule has 1 unspecified atom stereocenters. The molecule has 0 spiro atoms. The summed E-state index contributed by atoms with van der Waals surface area (Å²) in [7, 11) is 2.05. The molecular formula is C17H21N3OS. The van der Waals surface area contributed by atoms with Gasteiger partial charge in [-0.2, -0.15) is 0 Å². The quantitative estimate of drug-likeness (QED) is 0.813. The van der Waals surface area contributed by atoms with E-state index in [1.54, 1.807) is 24.2 Å². The Morgan fingerprint density at radius 1 is 1.32 bits per heavy atom. The molecule has 4 nitrogen and oxygen atoms in total. The number of likely N-dealkylation sites (tertiary alicyclic amines) is 1. The molecule has 1 aliphatic heterocycles. The van der Waals surface area contributed by atoms with Gasteiger partial charge in [0.15, 0.2) is 0 Å². The summed E-state index contributed by atoms with van der Waals surface area (Å²) in [5.41, 5.74) is 1.24. The number of piperidine rings is 1. The van der Waals surface area contributed by atoms with Crippen molar-refractivity contribution in [3.63, 3.8) is 0 Å². The molecule has 1 atom stereocenters. The number of pyridine rings is 1. The molecule has 2 aromatic rings. The van der Waals surface area contributed by atoms with Gasteiger partial charge in [0.2, 0.25) is 5.91 Å². The molecule has 0 N–H and O–H groups in total. The molecule has 0 aliphatic carbocycles. The highest BCUT2D eigenvalue weighted by molar-refractivity contribution is 8.00. The van der Waals surface area contributed by atoms with E-state index in [2.05, 4.69) is 39.8 Å². The van der Waals surface area contributed by atoms with Gasteiger partial charge in [-0.15, -0.1) is 11.8 Å². The fraction of sp³-hybridized carbons (Fsp3) is 0.412. The van der Waals surface area contributed by atoms with Crippen molar-refractivity contribution in [1.82, 2.24) is 14.5 Å². The van der Waals surface area contributed by atoms with Gasteiger partial charge in [0.1, 0.15) is 0 Å². The average Bonchev–Trinajstić information content (AvgIpc) is 2.99. The van der Waals surface area contributed by atoms with Gasteiger partial charge in [-0.1, -0.05) is 0 Å². The number of rotatable bonds is 4. The number of amides is 1. The Bertz CT molecular complexity index is 626. The van der Waals surface area contributed by atoms with Crippen molar-refractivity contribution in [1.29, 1.82) is 0 Å². The van der Waals surface area contributed by atoms with Gasteiger partial charge in [0, 0.05) is 42.8 Å². The lowest BCUT2D eigenvalue weighted by Crippen LogP contribution is -2.40. The number of carbonyl (C=O) groups is 1. The summed E-state index contributed by atoms with van der Waals surface area (Å²) in [6.45, 7) is 0.867. The Labute approximate surface area is 135 Å². The van der Waals surface area contributed by atoms with Crippen LogP contribution < -0.4 is 0 Å². The number of aromatic nitrogens is 2. The van der Waals surface area contributed by atoms with Crippen LogP contribution in [-0.2, 0) is 11.8 Å². The summed E-state index contributed by atoms with van der Waals surface area (Å²) >= 11 is 1.59. The lowest BCUT2D eigenvalue weighted by atomic mass is 9.99. The van der Waals surface area contributed by atoms with E-state index >= 15 is 0 Å². The zero-order valence-electron chi connectivity index (χ0n) is 12.8. The summed E-state index contributed by atoms with van der Waals surface area (Å²) in [6, 6.07) is 8.30. The summed E-state index contributed by atoms with van der Waals surface area (Å²) in [6.07, 6.45) is 8.94. The molecule has 3 rings (SSSR count). The van der Waals surface area contributed by atoms with Crippen LogP contribution in [0.25, 0.3) is 0 Å². The van der Waals surface area contributed by atoms with Crippen molar-refractivity contribution in [2.75, 3.05) is 12.3 Å². The second-order valence-corrected chi connectivity index (χ2v) is 6.66. The first-order valence-corrected chi connectivity index (χ1v) is 8.68. The number of aryl methyl sites for hydroxylation is 1. The van der Waals surface area contributed by atoms with Gasteiger partial charge in [0.05, 0.1) is 11.8 Å². The first kappa shape index (κ1) is 15.2. The third kappa shape index (κ3) is 3.35. The minimum Gasteiger partial charge on any atom is -0.353 e. The number of hydrogen-bond donors (Lipinski definition) is 0. The standard InChI is InChI=1S/C17H21N3OS/c1-19-11-4-6-15(19)16-5-2-3-12-20(16)17(21)13-22-14-7-9-18-10-8-14/h4,6-11,16H,2-3,5,12-13H2,1H3. The van der Waals surface area contributed by atoms with Crippen LogP contribution >= 0.6 is 11.8 Å². The molecule has 5 heteroatoms. The molecule has 3 heterocycles. The predicted molar refractivity (Wildman–Crippen MR) is 88.7 cm³/mol. The molecule has 0 aromatic carbocycles. The van der Waals surface area contributed by atoms with Crippen LogP contribution in [0.3, 0.4) is 0 Å². The minimum atomic E-state index is 0.222. The number of carbonyl (C=O) groups excluding carboxylic acids is 1. The summed E-state index contributed by atoms with van der Waals surface area (Å²) in [4.78, 5) is 19.8. The summed E-state index contributed by atoms with van der Waals surface area (Å²) < 4.78 is 2.13. The van der Waals surface area contributed by atoms with Gasteiger partial charge in [0.25, 0.3) is 0 Å². The van der Waals surface area contributed by atoms with Crippen molar-refractivity contribution in [3.8, 4) is 0 Å².